The number of aromatic hydroxyl groups is 1. The maximum atomic E-state index is 9.37. The SMILES string of the molecule is Oc1ccc(Nc2nc(Br)nc3c2ncn3C2CCCO2)cc1. The van der Waals surface area contributed by atoms with Gasteiger partial charge in [-0.15, -0.1) is 0 Å². The highest BCUT2D eigenvalue weighted by atomic mass is 79.9. The third-order valence-electron chi connectivity index (χ3n) is 3.74. The molecule has 1 fully saturated rings. The van der Waals surface area contributed by atoms with Crippen molar-refractivity contribution in [3.05, 3.63) is 35.3 Å². The van der Waals surface area contributed by atoms with Crippen molar-refractivity contribution in [2.45, 2.75) is 19.1 Å². The van der Waals surface area contributed by atoms with Crippen LogP contribution in [0.3, 0.4) is 0 Å². The first-order chi connectivity index (χ1) is 11.2. The number of benzene rings is 1. The molecule has 1 atom stereocenters. The topological polar surface area (TPSA) is 85.1 Å². The number of phenolic OH excluding ortho intramolecular Hbond substituents is 1. The first-order valence-corrected chi connectivity index (χ1v) is 8.08. The van der Waals surface area contributed by atoms with Gasteiger partial charge in [0.05, 0.1) is 6.33 Å². The summed E-state index contributed by atoms with van der Waals surface area (Å²) in [6, 6.07) is 6.77. The Hall–Kier alpha value is -2.19. The minimum Gasteiger partial charge on any atom is -0.508 e. The Labute approximate surface area is 140 Å². The third kappa shape index (κ3) is 2.75. The maximum absolute atomic E-state index is 9.37. The van der Waals surface area contributed by atoms with E-state index in [1.165, 1.54) is 0 Å². The summed E-state index contributed by atoms with van der Waals surface area (Å²) < 4.78 is 8.13. The van der Waals surface area contributed by atoms with E-state index in [0.29, 0.717) is 16.1 Å². The molecule has 8 heteroatoms. The van der Waals surface area contributed by atoms with Crippen molar-refractivity contribution in [3.63, 3.8) is 0 Å². The molecular formula is C15H14BrN5O2. The Balaban J connectivity index is 1.75. The van der Waals surface area contributed by atoms with Crippen molar-refractivity contribution in [1.82, 2.24) is 19.5 Å². The largest absolute Gasteiger partial charge is 0.508 e. The molecule has 1 aliphatic rings. The summed E-state index contributed by atoms with van der Waals surface area (Å²) in [4.78, 5) is 13.3. The van der Waals surface area contributed by atoms with Gasteiger partial charge in [0.15, 0.2) is 17.0 Å². The van der Waals surface area contributed by atoms with Gasteiger partial charge >= 0.3 is 0 Å². The lowest BCUT2D eigenvalue weighted by atomic mass is 10.3. The molecular weight excluding hydrogens is 362 g/mol. The van der Waals surface area contributed by atoms with Crippen LogP contribution >= 0.6 is 15.9 Å². The van der Waals surface area contributed by atoms with Gasteiger partial charge in [0, 0.05) is 12.3 Å². The fraction of sp³-hybridized carbons (Fsp3) is 0.267. The zero-order chi connectivity index (χ0) is 15.8. The van der Waals surface area contributed by atoms with E-state index in [1.807, 2.05) is 4.57 Å². The molecule has 1 aliphatic heterocycles. The van der Waals surface area contributed by atoms with Gasteiger partial charge in [-0.3, -0.25) is 4.57 Å². The van der Waals surface area contributed by atoms with Crippen LogP contribution in [0.25, 0.3) is 11.2 Å². The van der Waals surface area contributed by atoms with E-state index in [0.717, 1.165) is 30.8 Å². The fourth-order valence-electron chi connectivity index (χ4n) is 2.65. The van der Waals surface area contributed by atoms with E-state index >= 15 is 0 Å². The van der Waals surface area contributed by atoms with Crippen molar-refractivity contribution < 1.29 is 9.84 Å². The molecule has 4 rings (SSSR count). The number of hydrogen-bond acceptors (Lipinski definition) is 6. The minimum absolute atomic E-state index is 0.0247. The summed E-state index contributed by atoms with van der Waals surface area (Å²) in [6.07, 6.45) is 3.70. The smallest absolute Gasteiger partial charge is 0.200 e. The highest BCUT2D eigenvalue weighted by Crippen LogP contribution is 2.30. The van der Waals surface area contributed by atoms with Crippen LogP contribution in [0.2, 0.25) is 0 Å². The second kappa shape index (κ2) is 5.78. The fourth-order valence-corrected chi connectivity index (χ4v) is 2.99. The molecule has 0 saturated carbocycles. The number of nitrogens with one attached hydrogen (secondary N) is 1. The molecule has 0 bridgehead atoms. The number of hydrogen-bond donors (Lipinski definition) is 2. The summed E-state index contributed by atoms with van der Waals surface area (Å²) >= 11 is 3.35. The zero-order valence-electron chi connectivity index (χ0n) is 12.1. The zero-order valence-corrected chi connectivity index (χ0v) is 13.7. The van der Waals surface area contributed by atoms with Crippen LogP contribution in [0, 0.1) is 0 Å². The highest BCUT2D eigenvalue weighted by Gasteiger charge is 2.22. The van der Waals surface area contributed by atoms with Gasteiger partial charge in [0.1, 0.15) is 12.0 Å². The van der Waals surface area contributed by atoms with E-state index in [-0.39, 0.29) is 12.0 Å². The number of ether oxygens (including phenoxy) is 1. The number of halogens is 1. The Morgan fingerprint density at radius 3 is 2.83 bits per heavy atom. The van der Waals surface area contributed by atoms with Crippen LogP contribution < -0.4 is 5.32 Å². The molecule has 3 heterocycles. The van der Waals surface area contributed by atoms with Crippen LogP contribution in [0.4, 0.5) is 11.5 Å². The number of rotatable bonds is 3. The van der Waals surface area contributed by atoms with Crippen molar-refractivity contribution >= 4 is 38.6 Å². The molecule has 0 spiro atoms. The summed E-state index contributed by atoms with van der Waals surface area (Å²) in [5, 5.41) is 12.6. The van der Waals surface area contributed by atoms with E-state index in [2.05, 4.69) is 36.2 Å². The summed E-state index contributed by atoms with van der Waals surface area (Å²) in [5.41, 5.74) is 2.21. The molecule has 0 radical (unpaired) electrons. The first-order valence-electron chi connectivity index (χ1n) is 7.28. The van der Waals surface area contributed by atoms with Crippen LogP contribution in [0.15, 0.2) is 35.3 Å². The molecule has 2 N–H and O–H groups in total. The summed E-state index contributed by atoms with van der Waals surface area (Å²) in [6.45, 7) is 0.759. The monoisotopic (exact) mass is 375 g/mol. The Kier molecular flexibility index (Phi) is 3.62. The van der Waals surface area contributed by atoms with Gasteiger partial charge < -0.3 is 15.2 Å². The molecule has 1 unspecified atom stereocenters. The van der Waals surface area contributed by atoms with Crippen LogP contribution in [0.5, 0.6) is 5.75 Å². The van der Waals surface area contributed by atoms with Gasteiger partial charge in [-0.1, -0.05) is 0 Å². The van der Waals surface area contributed by atoms with E-state index < -0.39 is 0 Å². The quantitative estimate of drug-likeness (QED) is 0.539. The second-order valence-corrected chi connectivity index (χ2v) is 6.01. The van der Waals surface area contributed by atoms with Crippen LogP contribution in [0.1, 0.15) is 19.1 Å². The van der Waals surface area contributed by atoms with Gasteiger partial charge in [-0.05, 0) is 53.0 Å². The maximum Gasteiger partial charge on any atom is 0.200 e. The van der Waals surface area contributed by atoms with Gasteiger partial charge in [-0.2, -0.15) is 0 Å². The van der Waals surface area contributed by atoms with E-state index in [4.69, 9.17) is 4.74 Å². The Morgan fingerprint density at radius 1 is 1.26 bits per heavy atom. The Bertz CT molecular complexity index is 843. The number of nitrogens with zero attached hydrogens (tertiary/aromatic N) is 4. The van der Waals surface area contributed by atoms with Crippen molar-refractivity contribution in [3.8, 4) is 5.75 Å². The molecule has 1 aromatic carbocycles. The van der Waals surface area contributed by atoms with Crippen molar-refractivity contribution in [2.75, 3.05) is 11.9 Å². The first kappa shape index (κ1) is 14.4. The second-order valence-electron chi connectivity index (χ2n) is 5.30. The van der Waals surface area contributed by atoms with Gasteiger partial charge in [0.2, 0.25) is 4.73 Å². The standard InChI is InChI=1S/C15H14BrN5O2/c16-15-19-13(18-9-3-5-10(22)6-4-9)12-14(20-15)21(8-17-12)11-2-1-7-23-11/h3-6,8,11,22H,1-2,7H2,(H,18,19,20). The molecule has 3 aromatic rings. The molecule has 0 aliphatic carbocycles. The van der Waals surface area contributed by atoms with Crippen molar-refractivity contribution in [1.29, 1.82) is 0 Å². The van der Waals surface area contributed by atoms with Crippen LogP contribution in [-0.4, -0.2) is 31.2 Å². The lowest BCUT2D eigenvalue weighted by Gasteiger charge is -2.12. The minimum atomic E-state index is -0.0247. The van der Waals surface area contributed by atoms with Gasteiger partial charge in [-0.25, -0.2) is 15.0 Å². The number of aromatic nitrogens is 4. The normalized spacial score (nSPS) is 17.7. The van der Waals surface area contributed by atoms with E-state index in [1.54, 1.807) is 30.6 Å². The molecule has 23 heavy (non-hydrogen) atoms. The number of fused-ring (bicyclic) bond motifs is 1. The summed E-state index contributed by atoms with van der Waals surface area (Å²) in [5.74, 6) is 0.816. The third-order valence-corrected chi connectivity index (χ3v) is 4.09. The average molecular weight is 376 g/mol. The predicted octanol–water partition coefficient (Wildman–Crippen LogP) is 3.35. The lowest BCUT2D eigenvalue weighted by Crippen LogP contribution is -2.07. The molecule has 118 valence electrons. The number of anilines is 2. The molecule has 0 amide bonds. The van der Waals surface area contributed by atoms with E-state index in [9.17, 15) is 5.11 Å². The highest BCUT2D eigenvalue weighted by molar-refractivity contribution is 9.10. The van der Waals surface area contributed by atoms with Crippen LogP contribution in [-0.2, 0) is 4.74 Å². The molecule has 2 aromatic heterocycles. The number of imidazole rings is 1. The lowest BCUT2D eigenvalue weighted by molar-refractivity contribution is 0.0592. The summed E-state index contributed by atoms with van der Waals surface area (Å²) in [7, 11) is 0. The molecule has 7 nitrogen and oxygen atoms in total. The molecule has 1 saturated heterocycles. The number of phenols is 1. The van der Waals surface area contributed by atoms with Crippen molar-refractivity contribution in [2.24, 2.45) is 0 Å². The Morgan fingerprint density at radius 2 is 2.09 bits per heavy atom. The average Bonchev–Trinajstić information content (AvgIpc) is 3.18. The predicted molar refractivity (Wildman–Crippen MR) is 88.6 cm³/mol. The van der Waals surface area contributed by atoms with Gasteiger partial charge in [0.25, 0.3) is 0 Å².